The van der Waals surface area contributed by atoms with Crippen molar-refractivity contribution in [2.24, 2.45) is 11.8 Å². The van der Waals surface area contributed by atoms with Crippen LogP contribution in [0.15, 0.2) is 41.8 Å². The second-order valence-corrected chi connectivity index (χ2v) is 16.6. The van der Waals surface area contributed by atoms with E-state index in [1.54, 1.807) is 16.2 Å². The summed E-state index contributed by atoms with van der Waals surface area (Å²) < 4.78 is 36.1. The Labute approximate surface area is 347 Å². The second-order valence-electron chi connectivity index (χ2n) is 14.1. The smallest absolute Gasteiger partial charge is 0.747 e. The van der Waals surface area contributed by atoms with E-state index in [4.69, 9.17) is 4.84 Å². The molecule has 1 atom stereocenters. The fraction of sp³-hybridized carbons (Fsp3) is 0.526. The number of hydrogen-bond donors (Lipinski definition) is 1. The third-order valence-corrected chi connectivity index (χ3v) is 12.1. The molecule has 1 unspecified atom stereocenters. The van der Waals surface area contributed by atoms with Gasteiger partial charge in [0.1, 0.15) is 21.9 Å². The van der Waals surface area contributed by atoms with Crippen molar-refractivity contribution in [2.45, 2.75) is 103 Å². The van der Waals surface area contributed by atoms with Crippen molar-refractivity contribution >= 4 is 72.7 Å². The van der Waals surface area contributed by atoms with E-state index in [0.29, 0.717) is 50.9 Å². The topological polar surface area (TPSA) is 192 Å². The number of carbonyl (C=O) groups is 6. The van der Waals surface area contributed by atoms with E-state index in [-0.39, 0.29) is 77.0 Å². The van der Waals surface area contributed by atoms with Gasteiger partial charge < -0.3 is 24.2 Å². The molecule has 1 N–H and O–H groups in total. The van der Waals surface area contributed by atoms with Gasteiger partial charge in [-0.1, -0.05) is 31.4 Å². The molecule has 0 bridgehead atoms. The van der Waals surface area contributed by atoms with Crippen molar-refractivity contribution in [2.75, 3.05) is 18.0 Å². The molecular weight excluding hydrogens is 760 g/mol. The predicted molar refractivity (Wildman–Crippen MR) is 200 cm³/mol. The molecule has 2 fully saturated rings. The predicted octanol–water partition coefficient (Wildman–Crippen LogP) is 2.04. The number of ketones is 1. The van der Waals surface area contributed by atoms with E-state index in [0.717, 1.165) is 53.6 Å². The SMILES string of the molecule is CCN(C(=O)Cn1c(C(=O)CC2CCC(C(=O)NCCCCCCCC(=O)ON3C(=O)CC(S(=O)(=O)[O-])C3=O)CC2)cc2sccc21)c1cccc(C)c1.[Na+]. The van der Waals surface area contributed by atoms with Crippen molar-refractivity contribution in [1.29, 1.82) is 0 Å². The Bertz CT molecular complexity index is 1990. The van der Waals surface area contributed by atoms with Gasteiger partial charge >= 0.3 is 35.5 Å². The first-order chi connectivity index (χ1) is 25.8. The zero-order valence-electron chi connectivity index (χ0n) is 31.6. The molecule has 1 saturated carbocycles. The summed E-state index contributed by atoms with van der Waals surface area (Å²) in [6, 6.07) is 11.7. The van der Waals surface area contributed by atoms with Gasteiger partial charge in [0.25, 0.3) is 11.8 Å². The number of anilines is 1. The molecule has 2 aliphatic rings. The van der Waals surface area contributed by atoms with Crippen LogP contribution in [0, 0.1) is 18.8 Å². The van der Waals surface area contributed by atoms with Crippen molar-refractivity contribution in [3.63, 3.8) is 0 Å². The van der Waals surface area contributed by atoms with Gasteiger partial charge in [0, 0.05) is 37.5 Å². The molecule has 0 radical (unpaired) electrons. The fourth-order valence-electron chi connectivity index (χ4n) is 7.23. The zero-order valence-corrected chi connectivity index (χ0v) is 35.3. The maximum Gasteiger partial charge on any atom is 1.00 e. The van der Waals surface area contributed by atoms with Crippen LogP contribution < -0.4 is 39.8 Å². The third kappa shape index (κ3) is 11.6. The number of fused-ring (bicyclic) bond motifs is 1. The molecule has 5 rings (SSSR count). The first kappa shape index (κ1) is 44.3. The van der Waals surface area contributed by atoms with Crippen LogP contribution in [0.5, 0.6) is 0 Å². The number of hydrogen-bond acceptors (Lipinski definition) is 11. The van der Waals surface area contributed by atoms with E-state index in [9.17, 15) is 41.7 Å². The van der Waals surface area contributed by atoms with Crippen molar-refractivity contribution in [3.8, 4) is 0 Å². The summed E-state index contributed by atoms with van der Waals surface area (Å²) in [6.07, 6.45) is 5.82. The minimum Gasteiger partial charge on any atom is -0.747 e. The molecular formula is C38H47N4NaO10S2. The Morgan fingerprint density at radius 2 is 1.71 bits per heavy atom. The molecule has 292 valence electrons. The van der Waals surface area contributed by atoms with Crippen LogP contribution in [-0.4, -0.2) is 76.3 Å². The average molecular weight is 807 g/mol. The zero-order chi connectivity index (χ0) is 39.0. The first-order valence-corrected chi connectivity index (χ1v) is 20.9. The van der Waals surface area contributed by atoms with Gasteiger partial charge in [-0.15, -0.1) is 16.4 Å². The number of benzene rings is 1. The summed E-state index contributed by atoms with van der Waals surface area (Å²) in [7, 11) is -5.03. The van der Waals surface area contributed by atoms with Crippen LogP contribution in [0.3, 0.4) is 0 Å². The number of aromatic nitrogens is 1. The Hall–Kier alpha value is -3.41. The maximum absolute atomic E-state index is 13.7. The number of nitrogens with zero attached hydrogens (tertiary/aromatic N) is 3. The van der Waals surface area contributed by atoms with Crippen LogP contribution in [-0.2, 0) is 45.5 Å². The number of Topliss-reactive ketones (excluding diaryl/α,β-unsaturated/α-hetero) is 1. The maximum atomic E-state index is 13.7. The van der Waals surface area contributed by atoms with Crippen LogP contribution in [0.1, 0.15) is 100 Å². The molecule has 4 amide bonds. The summed E-state index contributed by atoms with van der Waals surface area (Å²) in [6.45, 7) is 5.04. The second kappa shape index (κ2) is 20.1. The summed E-state index contributed by atoms with van der Waals surface area (Å²) in [5, 5.41) is 2.98. The molecule has 1 aromatic carbocycles. The van der Waals surface area contributed by atoms with Gasteiger partial charge in [-0.2, -0.15) is 0 Å². The van der Waals surface area contributed by atoms with E-state index < -0.39 is 39.6 Å². The number of carbonyl (C=O) groups excluding carboxylic acids is 6. The minimum atomic E-state index is -5.03. The number of hydroxylamine groups is 2. The number of nitrogens with one attached hydrogen (secondary N) is 1. The molecule has 1 saturated heterocycles. The number of rotatable bonds is 18. The summed E-state index contributed by atoms with van der Waals surface area (Å²) in [4.78, 5) is 82.3. The summed E-state index contributed by atoms with van der Waals surface area (Å²) >= 11 is 1.55. The quantitative estimate of drug-likeness (QED) is 0.0654. The number of unbranched alkanes of at least 4 members (excludes halogenated alkanes) is 4. The molecule has 17 heteroatoms. The van der Waals surface area contributed by atoms with Crippen molar-refractivity contribution in [3.05, 3.63) is 53.0 Å². The fourth-order valence-corrected chi connectivity index (χ4v) is 8.74. The van der Waals surface area contributed by atoms with Gasteiger partial charge in [0.05, 0.1) is 22.3 Å². The summed E-state index contributed by atoms with van der Waals surface area (Å²) in [5.74, 6) is -3.26. The van der Waals surface area contributed by atoms with Crippen molar-refractivity contribution < 1.29 is 76.1 Å². The van der Waals surface area contributed by atoms with Crippen LogP contribution in [0.4, 0.5) is 5.69 Å². The molecule has 3 aromatic rings. The molecule has 1 aliphatic heterocycles. The number of aryl methyl sites for hydroxylation is 1. The van der Waals surface area contributed by atoms with E-state index in [2.05, 4.69) is 5.32 Å². The van der Waals surface area contributed by atoms with E-state index >= 15 is 0 Å². The van der Waals surface area contributed by atoms with E-state index in [1.165, 1.54) is 0 Å². The number of amides is 4. The van der Waals surface area contributed by atoms with Crippen molar-refractivity contribution in [1.82, 2.24) is 14.9 Å². The monoisotopic (exact) mass is 806 g/mol. The number of likely N-dealkylation sites (N-methyl/N-ethyl adjacent to an activating group) is 1. The summed E-state index contributed by atoms with van der Waals surface area (Å²) in [5.41, 5.74) is 3.33. The Balaban J connectivity index is 0.00000673. The van der Waals surface area contributed by atoms with Crippen LogP contribution in [0.25, 0.3) is 10.2 Å². The van der Waals surface area contributed by atoms with Crippen LogP contribution in [0.2, 0.25) is 0 Å². The van der Waals surface area contributed by atoms with Gasteiger partial charge in [0.15, 0.2) is 5.78 Å². The number of thiophene rings is 1. The van der Waals surface area contributed by atoms with E-state index in [1.807, 2.05) is 60.2 Å². The van der Waals surface area contributed by atoms with Gasteiger partial charge in [-0.05, 0) is 93.5 Å². The van der Waals surface area contributed by atoms with Gasteiger partial charge in [-0.25, -0.2) is 13.2 Å². The number of imide groups is 1. The minimum absolute atomic E-state index is 0. The normalized spacial score (nSPS) is 18.6. The largest absolute Gasteiger partial charge is 1.00 e. The average Bonchev–Trinajstić information content (AvgIpc) is 3.81. The Morgan fingerprint density at radius 1 is 1.00 bits per heavy atom. The molecule has 55 heavy (non-hydrogen) atoms. The molecule has 14 nitrogen and oxygen atoms in total. The van der Waals surface area contributed by atoms with Gasteiger partial charge in [-0.3, -0.25) is 24.0 Å². The first-order valence-electron chi connectivity index (χ1n) is 18.5. The Kier molecular flexibility index (Phi) is 16.2. The molecule has 3 heterocycles. The third-order valence-electron chi connectivity index (χ3n) is 10.2. The van der Waals surface area contributed by atoms with Gasteiger partial charge in [0.2, 0.25) is 11.8 Å². The molecule has 1 aliphatic carbocycles. The van der Waals surface area contributed by atoms with Crippen LogP contribution >= 0.6 is 11.3 Å². The molecule has 0 spiro atoms. The molecule has 2 aromatic heterocycles. The Morgan fingerprint density at radius 3 is 2.38 bits per heavy atom. The standard InChI is InChI=1S/C38H48N4O10S2.Na/c1-3-40(28-11-9-10-25(2)20-28)35(45)24-41-29-17-19-53-32(29)22-30(41)31(43)21-26-13-15-27(16-14-26)37(47)39-18-8-6-4-5-7-12-36(46)52-42-34(44)23-33(38(42)48)54(49,50)51;/h9-11,17,19-20,22,26-27,33H,3-8,12-16,18,21,23-24H2,1-2H3,(H,39,47)(H,49,50,51);/q;+1/p-1.